The van der Waals surface area contributed by atoms with Crippen molar-refractivity contribution in [1.82, 2.24) is 10.2 Å². The first-order valence-corrected chi connectivity index (χ1v) is 5.87. The van der Waals surface area contributed by atoms with Crippen LogP contribution in [0.15, 0.2) is 12.3 Å². The van der Waals surface area contributed by atoms with Crippen molar-refractivity contribution in [1.29, 1.82) is 0 Å². The molecular formula is C13H20N2. The minimum Gasteiger partial charge on any atom is -0.365 e. The third-order valence-corrected chi connectivity index (χ3v) is 3.61. The van der Waals surface area contributed by atoms with Gasteiger partial charge in [0, 0.05) is 19.4 Å². The van der Waals surface area contributed by atoms with Crippen LogP contribution in [0.3, 0.4) is 0 Å². The van der Waals surface area contributed by atoms with Crippen molar-refractivity contribution in [2.45, 2.75) is 31.8 Å². The van der Waals surface area contributed by atoms with Gasteiger partial charge >= 0.3 is 0 Å². The number of hydrogen-bond acceptors (Lipinski definition) is 2. The summed E-state index contributed by atoms with van der Waals surface area (Å²) in [6.45, 7) is 1.12. The minimum absolute atomic E-state index is 0.509. The maximum absolute atomic E-state index is 5.45. The highest BCUT2D eigenvalue weighted by Gasteiger charge is 2.24. The summed E-state index contributed by atoms with van der Waals surface area (Å²) >= 11 is 0. The van der Waals surface area contributed by atoms with E-state index >= 15 is 0 Å². The number of rotatable bonds is 3. The van der Waals surface area contributed by atoms with Gasteiger partial charge in [-0.15, -0.1) is 12.3 Å². The highest BCUT2D eigenvalue weighted by Crippen LogP contribution is 2.29. The Hall–Kier alpha value is -0.940. The van der Waals surface area contributed by atoms with Gasteiger partial charge in [-0.2, -0.15) is 0 Å². The molecule has 0 bridgehead atoms. The van der Waals surface area contributed by atoms with Crippen LogP contribution in [0.1, 0.15) is 25.7 Å². The first-order valence-electron chi connectivity index (χ1n) is 5.87. The molecule has 1 aliphatic carbocycles. The van der Waals surface area contributed by atoms with Gasteiger partial charge in [0.2, 0.25) is 0 Å². The van der Waals surface area contributed by atoms with Gasteiger partial charge in [-0.05, 0) is 37.9 Å². The Morgan fingerprint density at radius 3 is 3.00 bits per heavy atom. The monoisotopic (exact) mass is 204 g/mol. The summed E-state index contributed by atoms with van der Waals surface area (Å²) in [6, 6.07) is 0. The lowest BCUT2D eigenvalue weighted by Gasteiger charge is -2.23. The molecule has 2 heteroatoms. The Kier molecular flexibility index (Phi) is 3.33. The molecule has 1 saturated carbocycles. The molecule has 0 aromatic rings. The molecule has 82 valence electrons. The second-order valence-corrected chi connectivity index (χ2v) is 4.75. The molecule has 1 N–H and O–H groups in total. The molecular weight excluding hydrogens is 184 g/mol. The first kappa shape index (κ1) is 10.6. The Morgan fingerprint density at radius 2 is 2.40 bits per heavy atom. The van der Waals surface area contributed by atoms with E-state index in [1.807, 2.05) is 0 Å². The Balaban J connectivity index is 1.69. The van der Waals surface area contributed by atoms with Crippen LogP contribution in [0.25, 0.3) is 0 Å². The standard InChI is InChI=1S/C13H20N2/c1-3-11-6-7-12(9-11)10-14-13-5-4-8-15(13)2/h1,4,8,11-14H,5-7,9-10H2,2H3/t11?,12?,13-/m1/s1. The second-order valence-electron chi connectivity index (χ2n) is 4.75. The van der Waals surface area contributed by atoms with E-state index in [9.17, 15) is 0 Å². The van der Waals surface area contributed by atoms with Gasteiger partial charge in [-0.3, -0.25) is 5.32 Å². The number of hydrogen-bond donors (Lipinski definition) is 1. The minimum atomic E-state index is 0.509. The van der Waals surface area contributed by atoms with Crippen molar-refractivity contribution in [3.05, 3.63) is 12.3 Å². The highest BCUT2D eigenvalue weighted by atomic mass is 15.2. The normalized spacial score (nSPS) is 34.7. The quantitative estimate of drug-likeness (QED) is 0.705. The molecule has 0 aromatic carbocycles. The van der Waals surface area contributed by atoms with E-state index in [4.69, 9.17) is 6.42 Å². The van der Waals surface area contributed by atoms with Crippen molar-refractivity contribution >= 4 is 0 Å². The van der Waals surface area contributed by atoms with Crippen molar-refractivity contribution in [3.8, 4) is 12.3 Å². The Morgan fingerprint density at radius 1 is 1.53 bits per heavy atom. The Bertz CT molecular complexity index is 277. The van der Waals surface area contributed by atoms with Gasteiger partial charge in [0.25, 0.3) is 0 Å². The zero-order valence-corrected chi connectivity index (χ0v) is 9.45. The number of nitrogens with zero attached hydrogens (tertiary/aromatic N) is 1. The second kappa shape index (κ2) is 4.72. The van der Waals surface area contributed by atoms with Crippen LogP contribution in [-0.2, 0) is 0 Å². The molecule has 2 rings (SSSR count). The molecule has 2 unspecified atom stereocenters. The van der Waals surface area contributed by atoms with Gasteiger partial charge in [0.05, 0.1) is 6.17 Å². The lowest BCUT2D eigenvalue weighted by atomic mass is 10.1. The summed E-state index contributed by atoms with van der Waals surface area (Å²) in [6.07, 6.45) is 15.2. The third kappa shape index (κ3) is 2.54. The summed E-state index contributed by atoms with van der Waals surface area (Å²) < 4.78 is 0. The van der Waals surface area contributed by atoms with Gasteiger partial charge in [-0.25, -0.2) is 0 Å². The van der Waals surface area contributed by atoms with Gasteiger partial charge in [0.15, 0.2) is 0 Å². The predicted molar refractivity (Wildman–Crippen MR) is 63.0 cm³/mol. The molecule has 3 atom stereocenters. The van der Waals surface area contributed by atoms with E-state index < -0.39 is 0 Å². The summed E-state index contributed by atoms with van der Waals surface area (Å²) in [5, 5.41) is 3.61. The number of terminal acetylenes is 1. The zero-order chi connectivity index (χ0) is 10.7. The van der Waals surface area contributed by atoms with Crippen LogP contribution < -0.4 is 5.32 Å². The summed E-state index contributed by atoms with van der Waals surface area (Å²) in [5.74, 6) is 4.21. The average Bonchev–Trinajstić information content (AvgIpc) is 2.84. The molecule has 1 aliphatic heterocycles. The van der Waals surface area contributed by atoms with Gasteiger partial charge in [-0.1, -0.05) is 6.08 Å². The SMILES string of the molecule is C#CC1CCC(CN[C@H]2CC=CN2C)C1. The Labute approximate surface area is 92.7 Å². The summed E-state index contributed by atoms with van der Waals surface area (Å²) in [4.78, 5) is 2.24. The van der Waals surface area contributed by atoms with Crippen LogP contribution in [0, 0.1) is 24.2 Å². The van der Waals surface area contributed by atoms with Crippen LogP contribution in [0.5, 0.6) is 0 Å². The third-order valence-electron chi connectivity index (χ3n) is 3.61. The fourth-order valence-corrected chi connectivity index (χ4v) is 2.57. The topological polar surface area (TPSA) is 15.3 Å². The fraction of sp³-hybridized carbons (Fsp3) is 0.692. The molecule has 0 radical (unpaired) electrons. The van der Waals surface area contributed by atoms with E-state index in [1.165, 1.54) is 19.3 Å². The molecule has 1 heterocycles. The fourth-order valence-electron chi connectivity index (χ4n) is 2.57. The highest BCUT2D eigenvalue weighted by molar-refractivity contribution is 4.99. The van der Waals surface area contributed by atoms with Gasteiger partial charge < -0.3 is 4.90 Å². The van der Waals surface area contributed by atoms with Crippen molar-refractivity contribution in [2.24, 2.45) is 11.8 Å². The predicted octanol–water partition coefficient (Wildman–Crippen LogP) is 1.80. The van der Waals surface area contributed by atoms with E-state index in [0.29, 0.717) is 12.1 Å². The van der Waals surface area contributed by atoms with Crippen LogP contribution in [0.2, 0.25) is 0 Å². The van der Waals surface area contributed by atoms with E-state index in [1.54, 1.807) is 0 Å². The molecule has 15 heavy (non-hydrogen) atoms. The van der Waals surface area contributed by atoms with E-state index in [0.717, 1.165) is 18.9 Å². The van der Waals surface area contributed by atoms with Gasteiger partial charge in [0.1, 0.15) is 0 Å². The maximum Gasteiger partial charge on any atom is 0.0822 e. The molecule has 2 nitrogen and oxygen atoms in total. The molecule has 2 aliphatic rings. The molecule has 1 fully saturated rings. The maximum atomic E-state index is 5.45. The van der Waals surface area contributed by atoms with E-state index in [-0.39, 0.29) is 0 Å². The lowest BCUT2D eigenvalue weighted by Crippen LogP contribution is -2.40. The van der Waals surface area contributed by atoms with Crippen molar-refractivity contribution in [3.63, 3.8) is 0 Å². The van der Waals surface area contributed by atoms with E-state index in [2.05, 4.69) is 35.5 Å². The average molecular weight is 204 g/mol. The molecule has 0 saturated heterocycles. The van der Waals surface area contributed by atoms with Crippen LogP contribution in [-0.4, -0.2) is 24.7 Å². The summed E-state index contributed by atoms with van der Waals surface area (Å²) in [5.41, 5.74) is 0. The van der Waals surface area contributed by atoms with Crippen molar-refractivity contribution in [2.75, 3.05) is 13.6 Å². The van der Waals surface area contributed by atoms with Crippen LogP contribution >= 0.6 is 0 Å². The molecule has 0 spiro atoms. The molecule has 0 aromatic heterocycles. The zero-order valence-electron chi connectivity index (χ0n) is 9.45. The lowest BCUT2D eigenvalue weighted by molar-refractivity contribution is 0.282. The molecule has 0 amide bonds. The van der Waals surface area contributed by atoms with Crippen LogP contribution in [0.4, 0.5) is 0 Å². The number of nitrogens with one attached hydrogen (secondary N) is 1. The van der Waals surface area contributed by atoms with Crippen molar-refractivity contribution < 1.29 is 0 Å². The first-order chi connectivity index (χ1) is 7.29. The summed E-state index contributed by atoms with van der Waals surface area (Å²) in [7, 11) is 2.13. The smallest absolute Gasteiger partial charge is 0.0822 e. The largest absolute Gasteiger partial charge is 0.365 e.